The molecule has 3 nitrogen and oxygen atoms in total. The molecule has 1 rings (SSSR count). The third-order valence-electron chi connectivity index (χ3n) is 2.63. The molecular weight excluding hydrogens is 294 g/mol. The summed E-state index contributed by atoms with van der Waals surface area (Å²) in [6.45, 7) is 3.87. The number of halogens is 1. The number of aliphatic hydroxyl groups excluding tert-OH is 1. The SMILES string of the molecule is CC(C)[C@@H](CO)NC(=O)C=Cc1ccc(Br)cc1. The maximum Gasteiger partial charge on any atom is 0.244 e. The molecule has 0 aliphatic rings. The summed E-state index contributed by atoms with van der Waals surface area (Å²) in [5.74, 6) is 0.0192. The normalized spacial score (nSPS) is 12.9. The topological polar surface area (TPSA) is 49.3 Å². The molecule has 1 atom stereocenters. The summed E-state index contributed by atoms with van der Waals surface area (Å²) in [5, 5.41) is 11.9. The van der Waals surface area contributed by atoms with Gasteiger partial charge in [-0.1, -0.05) is 41.9 Å². The third kappa shape index (κ3) is 5.02. The van der Waals surface area contributed by atoms with Crippen LogP contribution in [0.4, 0.5) is 0 Å². The highest BCUT2D eigenvalue weighted by atomic mass is 79.9. The van der Waals surface area contributed by atoms with Gasteiger partial charge in [-0.15, -0.1) is 0 Å². The lowest BCUT2D eigenvalue weighted by molar-refractivity contribution is -0.117. The number of benzene rings is 1. The predicted octanol–water partition coefficient (Wildman–Crippen LogP) is 2.60. The van der Waals surface area contributed by atoms with Gasteiger partial charge in [0.25, 0.3) is 0 Å². The van der Waals surface area contributed by atoms with Crippen molar-refractivity contribution in [1.82, 2.24) is 5.32 Å². The van der Waals surface area contributed by atoms with Gasteiger partial charge in [0.2, 0.25) is 5.91 Å². The zero-order valence-electron chi connectivity index (χ0n) is 10.6. The highest BCUT2D eigenvalue weighted by Crippen LogP contribution is 2.11. The monoisotopic (exact) mass is 311 g/mol. The van der Waals surface area contributed by atoms with Crippen molar-refractivity contribution < 1.29 is 9.90 Å². The number of carbonyl (C=O) groups is 1. The van der Waals surface area contributed by atoms with Crippen LogP contribution in [0.3, 0.4) is 0 Å². The molecule has 1 aromatic carbocycles. The number of nitrogens with one attached hydrogen (secondary N) is 1. The molecule has 2 N–H and O–H groups in total. The van der Waals surface area contributed by atoms with Crippen LogP contribution in [-0.2, 0) is 4.79 Å². The van der Waals surface area contributed by atoms with Crippen molar-refractivity contribution in [3.63, 3.8) is 0 Å². The molecule has 0 radical (unpaired) electrons. The van der Waals surface area contributed by atoms with E-state index in [9.17, 15) is 4.79 Å². The lowest BCUT2D eigenvalue weighted by Crippen LogP contribution is -2.40. The van der Waals surface area contributed by atoms with Gasteiger partial charge in [-0.2, -0.15) is 0 Å². The van der Waals surface area contributed by atoms with Crippen LogP contribution in [0.15, 0.2) is 34.8 Å². The number of hydrogen-bond acceptors (Lipinski definition) is 2. The minimum atomic E-state index is -0.202. The molecule has 0 aliphatic carbocycles. The van der Waals surface area contributed by atoms with E-state index in [0.29, 0.717) is 0 Å². The van der Waals surface area contributed by atoms with Crippen molar-refractivity contribution in [2.75, 3.05) is 6.61 Å². The van der Waals surface area contributed by atoms with Crippen LogP contribution in [-0.4, -0.2) is 23.7 Å². The number of amides is 1. The van der Waals surface area contributed by atoms with Crippen LogP contribution in [0.2, 0.25) is 0 Å². The summed E-state index contributed by atoms with van der Waals surface area (Å²) in [6.07, 6.45) is 3.23. The summed E-state index contributed by atoms with van der Waals surface area (Å²) in [6, 6.07) is 7.47. The Morgan fingerprint density at radius 2 is 2.00 bits per heavy atom. The summed E-state index contributed by atoms with van der Waals surface area (Å²) in [4.78, 5) is 11.6. The minimum Gasteiger partial charge on any atom is -0.394 e. The van der Waals surface area contributed by atoms with E-state index in [1.807, 2.05) is 38.1 Å². The Balaban J connectivity index is 2.56. The van der Waals surface area contributed by atoms with Crippen LogP contribution in [0.5, 0.6) is 0 Å². The molecular formula is C14H18BrNO2. The smallest absolute Gasteiger partial charge is 0.244 e. The molecule has 0 spiro atoms. The van der Waals surface area contributed by atoms with Gasteiger partial charge in [0, 0.05) is 10.5 Å². The Hall–Kier alpha value is -1.13. The molecule has 0 bridgehead atoms. The third-order valence-corrected chi connectivity index (χ3v) is 3.15. The van der Waals surface area contributed by atoms with Crippen molar-refractivity contribution in [3.8, 4) is 0 Å². The number of hydrogen-bond donors (Lipinski definition) is 2. The van der Waals surface area contributed by atoms with Gasteiger partial charge in [0.1, 0.15) is 0 Å². The van der Waals surface area contributed by atoms with Gasteiger partial charge in [-0.25, -0.2) is 0 Å². The van der Waals surface area contributed by atoms with Crippen molar-refractivity contribution in [1.29, 1.82) is 0 Å². The fourth-order valence-electron chi connectivity index (χ4n) is 1.40. The second-order valence-electron chi connectivity index (χ2n) is 4.43. The maximum atomic E-state index is 11.6. The molecule has 0 fully saturated rings. The van der Waals surface area contributed by atoms with Crippen LogP contribution in [0.1, 0.15) is 19.4 Å². The Morgan fingerprint density at radius 1 is 1.39 bits per heavy atom. The highest BCUT2D eigenvalue weighted by molar-refractivity contribution is 9.10. The van der Waals surface area contributed by atoms with Gasteiger partial charge in [-0.05, 0) is 29.7 Å². The molecule has 0 aromatic heterocycles. The molecule has 0 saturated heterocycles. The summed E-state index contributed by atoms with van der Waals surface area (Å²) >= 11 is 3.35. The Labute approximate surface area is 116 Å². The molecule has 18 heavy (non-hydrogen) atoms. The average molecular weight is 312 g/mol. The van der Waals surface area contributed by atoms with E-state index in [2.05, 4.69) is 21.2 Å². The number of rotatable bonds is 5. The van der Waals surface area contributed by atoms with Crippen LogP contribution >= 0.6 is 15.9 Å². The van der Waals surface area contributed by atoms with E-state index in [4.69, 9.17) is 5.11 Å². The van der Waals surface area contributed by atoms with Gasteiger partial charge < -0.3 is 10.4 Å². The lowest BCUT2D eigenvalue weighted by Gasteiger charge is -2.18. The minimum absolute atomic E-state index is 0.0461. The van der Waals surface area contributed by atoms with Gasteiger partial charge in [0.05, 0.1) is 12.6 Å². The number of aliphatic hydroxyl groups is 1. The summed E-state index contributed by atoms with van der Waals surface area (Å²) in [7, 11) is 0. The van der Waals surface area contributed by atoms with E-state index in [1.165, 1.54) is 6.08 Å². The second kappa shape index (κ2) is 7.34. The van der Waals surface area contributed by atoms with E-state index < -0.39 is 0 Å². The summed E-state index contributed by atoms with van der Waals surface area (Å²) < 4.78 is 1.00. The first-order valence-electron chi connectivity index (χ1n) is 5.88. The molecule has 4 heteroatoms. The van der Waals surface area contributed by atoms with Crippen molar-refractivity contribution in [3.05, 3.63) is 40.4 Å². The molecule has 0 unspecified atom stereocenters. The fourth-order valence-corrected chi connectivity index (χ4v) is 1.66. The van der Waals surface area contributed by atoms with Crippen LogP contribution < -0.4 is 5.32 Å². The molecule has 98 valence electrons. The largest absolute Gasteiger partial charge is 0.394 e. The standard InChI is InChI=1S/C14H18BrNO2/c1-10(2)13(9-17)16-14(18)8-5-11-3-6-12(15)7-4-11/h3-8,10,13,17H,9H2,1-2H3,(H,16,18)/t13-/m1/s1. The first kappa shape index (κ1) is 14.9. The predicted molar refractivity (Wildman–Crippen MR) is 77.0 cm³/mol. The molecule has 1 amide bonds. The van der Waals surface area contributed by atoms with E-state index in [0.717, 1.165) is 10.0 Å². The van der Waals surface area contributed by atoms with Crippen LogP contribution in [0, 0.1) is 5.92 Å². The van der Waals surface area contributed by atoms with Gasteiger partial charge in [0.15, 0.2) is 0 Å². The molecule has 1 aromatic rings. The first-order valence-corrected chi connectivity index (χ1v) is 6.67. The molecule has 0 saturated carbocycles. The highest BCUT2D eigenvalue weighted by Gasteiger charge is 2.12. The quantitative estimate of drug-likeness (QED) is 0.821. The molecule has 0 aliphatic heterocycles. The number of carbonyl (C=O) groups excluding carboxylic acids is 1. The lowest BCUT2D eigenvalue weighted by atomic mass is 10.1. The van der Waals surface area contributed by atoms with E-state index in [-0.39, 0.29) is 24.5 Å². The summed E-state index contributed by atoms with van der Waals surface area (Å²) in [5.41, 5.74) is 0.957. The van der Waals surface area contributed by atoms with E-state index in [1.54, 1.807) is 6.08 Å². The van der Waals surface area contributed by atoms with Crippen molar-refractivity contribution >= 4 is 27.9 Å². The first-order chi connectivity index (χ1) is 8.52. The Kier molecular flexibility index (Phi) is 6.09. The van der Waals surface area contributed by atoms with Crippen molar-refractivity contribution in [2.45, 2.75) is 19.9 Å². The van der Waals surface area contributed by atoms with E-state index >= 15 is 0 Å². The fraction of sp³-hybridized carbons (Fsp3) is 0.357. The maximum absolute atomic E-state index is 11.6. The van der Waals surface area contributed by atoms with Crippen molar-refractivity contribution in [2.24, 2.45) is 5.92 Å². The van der Waals surface area contributed by atoms with Gasteiger partial charge in [-0.3, -0.25) is 4.79 Å². The Bertz CT molecular complexity index is 412. The zero-order chi connectivity index (χ0) is 13.5. The van der Waals surface area contributed by atoms with Crippen LogP contribution in [0.25, 0.3) is 6.08 Å². The second-order valence-corrected chi connectivity index (χ2v) is 5.34. The zero-order valence-corrected chi connectivity index (χ0v) is 12.1. The Morgan fingerprint density at radius 3 is 2.50 bits per heavy atom. The average Bonchev–Trinajstić information content (AvgIpc) is 2.35. The van der Waals surface area contributed by atoms with Gasteiger partial charge >= 0.3 is 0 Å². The molecule has 0 heterocycles.